The molecule has 1 aromatic carbocycles. The molecule has 2 aromatic rings. The molecule has 1 heterocycles. The van der Waals surface area contributed by atoms with Crippen molar-refractivity contribution in [2.24, 2.45) is 5.92 Å². The van der Waals surface area contributed by atoms with Gasteiger partial charge in [0.1, 0.15) is 11.5 Å². The van der Waals surface area contributed by atoms with E-state index < -0.39 is 11.6 Å². The molecule has 1 atom stereocenters. The Kier molecular flexibility index (Phi) is 3.27. The molecule has 0 saturated heterocycles. The average molecular weight is 279 g/mol. The Hall–Kier alpha value is -1.42. The van der Waals surface area contributed by atoms with Crippen molar-refractivity contribution in [3.05, 3.63) is 51.7 Å². The molecule has 1 aliphatic carbocycles. The first-order valence-electron chi connectivity index (χ1n) is 6.41. The van der Waals surface area contributed by atoms with Gasteiger partial charge in [0.15, 0.2) is 5.82 Å². The number of anilines is 1. The summed E-state index contributed by atoms with van der Waals surface area (Å²) in [6.07, 6.45) is 2.23. The predicted molar refractivity (Wildman–Crippen MR) is 74.5 cm³/mol. The van der Waals surface area contributed by atoms with Crippen molar-refractivity contribution in [1.29, 1.82) is 0 Å². The highest BCUT2D eigenvalue weighted by atomic mass is 32.1. The van der Waals surface area contributed by atoms with Crippen molar-refractivity contribution >= 4 is 17.0 Å². The lowest BCUT2D eigenvalue weighted by molar-refractivity contribution is 0.571. The molecule has 0 radical (unpaired) electrons. The Morgan fingerprint density at radius 3 is 2.68 bits per heavy atom. The van der Waals surface area contributed by atoms with Crippen LogP contribution < -0.4 is 5.32 Å². The second-order valence-corrected chi connectivity index (χ2v) is 6.01. The zero-order valence-electron chi connectivity index (χ0n) is 10.6. The number of hydrogen-bond donors (Lipinski definition) is 1. The second-order valence-electron chi connectivity index (χ2n) is 5.03. The zero-order valence-corrected chi connectivity index (χ0v) is 11.4. The largest absolute Gasteiger partial charge is 0.372 e. The molecule has 0 amide bonds. The van der Waals surface area contributed by atoms with Gasteiger partial charge in [-0.05, 0) is 48.8 Å². The van der Waals surface area contributed by atoms with Gasteiger partial charge in [0.05, 0.1) is 6.04 Å². The summed E-state index contributed by atoms with van der Waals surface area (Å²) in [5.41, 5.74) is 0.468. The van der Waals surface area contributed by atoms with Crippen molar-refractivity contribution in [2.75, 3.05) is 5.32 Å². The molecule has 1 aliphatic rings. The Morgan fingerprint density at radius 2 is 2.05 bits per heavy atom. The molecule has 3 rings (SSSR count). The van der Waals surface area contributed by atoms with Crippen LogP contribution in [0.1, 0.15) is 29.3 Å². The van der Waals surface area contributed by atoms with Gasteiger partial charge in [-0.25, -0.2) is 8.78 Å². The minimum Gasteiger partial charge on any atom is -0.372 e. The normalized spacial score (nSPS) is 16.4. The van der Waals surface area contributed by atoms with E-state index >= 15 is 0 Å². The fourth-order valence-corrected chi connectivity index (χ4v) is 3.13. The van der Waals surface area contributed by atoms with Gasteiger partial charge < -0.3 is 5.32 Å². The minimum atomic E-state index is -0.523. The highest BCUT2D eigenvalue weighted by molar-refractivity contribution is 7.10. The van der Waals surface area contributed by atoms with E-state index in [1.807, 2.05) is 17.5 Å². The molecule has 0 bridgehead atoms. The van der Waals surface area contributed by atoms with Crippen molar-refractivity contribution in [3.8, 4) is 0 Å². The lowest BCUT2D eigenvalue weighted by atomic mass is 10.1. The Labute approximate surface area is 115 Å². The smallest absolute Gasteiger partial charge is 0.152 e. The number of aryl methyl sites for hydroxylation is 1. The van der Waals surface area contributed by atoms with E-state index in [4.69, 9.17) is 0 Å². The van der Waals surface area contributed by atoms with Crippen LogP contribution >= 0.6 is 11.3 Å². The average Bonchev–Trinajstić information content (AvgIpc) is 3.09. The van der Waals surface area contributed by atoms with Crippen LogP contribution in [0, 0.1) is 24.5 Å². The number of thiophene rings is 1. The molecule has 1 aromatic heterocycles. The summed E-state index contributed by atoms with van der Waals surface area (Å²) in [4.78, 5) is 1.14. The first-order chi connectivity index (χ1) is 9.16. The third-order valence-electron chi connectivity index (χ3n) is 3.53. The summed E-state index contributed by atoms with van der Waals surface area (Å²) in [6.45, 7) is 1.65. The molecule has 4 heteroatoms. The fraction of sp³-hybridized carbons (Fsp3) is 0.333. The van der Waals surface area contributed by atoms with Crippen molar-refractivity contribution in [3.63, 3.8) is 0 Å². The maximum Gasteiger partial charge on any atom is 0.152 e. The molecule has 0 aliphatic heterocycles. The standard InChI is InChI=1S/C15H15F2NS/c1-9-4-7-11(16)15(13(9)17)18-14(10-5-6-10)12-3-2-8-19-12/h2-4,7-8,10,14,18H,5-6H2,1H3. The maximum atomic E-state index is 14.0. The molecule has 0 spiro atoms. The van der Waals surface area contributed by atoms with Gasteiger partial charge in [0, 0.05) is 4.88 Å². The molecule has 1 nitrogen and oxygen atoms in total. The predicted octanol–water partition coefficient (Wildman–Crippen LogP) is 4.90. The highest BCUT2D eigenvalue weighted by Gasteiger charge is 2.34. The first-order valence-corrected chi connectivity index (χ1v) is 7.29. The van der Waals surface area contributed by atoms with Crippen LogP contribution in [0.5, 0.6) is 0 Å². The van der Waals surface area contributed by atoms with E-state index in [-0.39, 0.29) is 11.7 Å². The van der Waals surface area contributed by atoms with Crippen molar-refractivity contribution < 1.29 is 8.78 Å². The van der Waals surface area contributed by atoms with Gasteiger partial charge in [-0.2, -0.15) is 0 Å². The second kappa shape index (κ2) is 4.93. The van der Waals surface area contributed by atoms with Crippen LogP contribution in [0.4, 0.5) is 14.5 Å². The lowest BCUT2D eigenvalue weighted by Gasteiger charge is -2.19. The fourth-order valence-electron chi connectivity index (χ4n) is 2.26. The highest BCUT2D eigenvalue weighted by Crippen LogP contribution is 2.44. The van der Waals surface area contributed by atoms with Crippen molar-refractivity contribution in [1.82, 2.24) is 0 Å². The van der Waals surface area contributed by atoms with Gasteiger partial charge in [0.2, 0.25) is 0 Å². The van der Waals surface area contributed by atoms with Crippen LogP contribution in [0.15, 0.2) is 29.6 Å². The van der Waals surface area contributed by atoms with E-state index in [1.54, 1.807) is 18.3 Å². The quantitative estimate of drug-likeness (QED) is 0.839. The molecule has 19 heavy (non-hydrogen) atoms. The summed E-state index contributed by atoms with van der Waals surface area (Å²) in [5, 5.41) is 5.08. The number of benzene rings is 1. The van der Waals surface area contributed by atoms with Crippen LogP contribution in [-0.4, -0.2) is 0 Å². The first kappa shape index (κ1) is 12.6. The van der Waals surface area contributed by atoms with Crippen LogP contribution in [0.2, 0.25) is 0 Å². The van der Waals surface area contributed by atoms with Crippen molar-refractivity contribution in [2.45, 2.75) is 25.8 Å². The van der Waals surface area contributed by atoms with Crippen LogP contribution in [0.3, 0.4) is 0 Å². The summed E-state index contributed by atoms with van der Waals surface area (Å²) in [6, 6.07) is 6.80. The van der Waals surface area contributed by atoms with Gasteiger partial charge in [-0.3, -0.25) is 0 Å². The Balaban J connectivity index is 1.93. The number of halogens is 2. The third-order valence-corrected chi connectivity index (χ3v) is 4.48. The van der Waals surface area contributed by atoms with Gasteiger partial charge >= 0.3 is 0 Å². The Morgan fingerprint density at radius 1 is 1.26 bits per heavy atom. The summed E-state index contributed by atoms with van der Waals surface area (Å²) >= 11 is 1.63. The molecule has 1 saturated carbocycles. The minimum absolute atomic E-state index is 0.00491. The monoisotopic (exact) mass is 279 g/mol. The molecule has 1 unspecified atom stereocenters. The van der Waals surface area contributed by atoms with E-state index in [9.17, 15) is 8.78 Å². The van der Waals surface area contributed by atoms with E-state index in [2.05, 4.69) is 5.32 Å². The van der Waals surface area contributed by atoms with E-state index in [0.29, 0.717) is 11.5 Å². The maximum absolute atomic E-state index is 14.0. The SMILES string of the molecule is Cc1ccc(F)c(NC(c2cccs2)C2CC2)c1F. The zero-order chi connectivity index (χ0) is 13.4. The van der Waals surface area contributed by atoms with Gasteiger partial charge in [-0.15, -0.1) is 11.3 Å². The summed E-state index contributed by atoms with van der Waals surface area (Å²) < 4.78 is 27.9. The summed E-state index contributed by atoms with van der Waals surface area (Å²) in [7, 11) is 0. The van der Waals surface area contributed by atoms with Gasteiger partial charge in [0.25, 0.3) is 0 Å². The van der Waals surface area contributed by atoms with Gasteiger partial charge in [-0.1, -0.05) is 12.1 Å². The molecule has 1 N–H and O–H groups in total. The Bertz CT molecular complexity index is 576. The third kappa shape index (κ3) is 2.50. The van der Waals surface area contributed by atoms with Crippen LogP contribution in [-0.2, 0) is 0 Å². The molecular formula is C15H15F2NS. The number of hydrogen-bond acceptors (Lipinski definition) is 2. The summed E-state index contributed by atoms with van der Waals surface area (Å²) in [5.74, 6) is -0.523. The van der Waals surface area contributed by atoms with E-state index in [1.165, 1.54) is 12.1 Å². The molecular weight excluding hydrogens is 264 g/mol. The molecule has 100 valence electrons. The lowest BCUT2D eigenvalue weighted by Crippen LogP contribution is -2.14. The molecule has 1 fully saturated rings. The van der Waals surface area contributed by atoms with Crippen LogP contribution in [0.25, 0.3) is 0 Å². The number of nitrogens with one attached hydrogen (secondary N) is 1. The topological polar surface area (TPSA) is 12.0 Å². The van der Waals surface area contributed by atoms with E-state index in [0.717, 1.165) is 17.7 Å². The number of rotatable bonds is 4.